The van der Waals surface area contributed by atoms with Gasteiger partial charge in [0.25, 0.3) is 0 Å². The first-order valence-electron chi connectivity index (χ1n) is 5.76. The van der Waals surface area contributed by atoms with E-state index in [1.54, 1.807) is 6.07 Å². The van der Waals surface area contributed by atoms with E-state index in [0.29, 0.717) is 30.5 Å². The van der Waals surface area contributed by atoms with Crippen LogP contribution in [0.5, 0.6) is 11.5 Å². The van der Waals surface area contributed by atoms with Crippen LogP contribution < -0.4 is 9.47 Å². The van der Waals surface area contributed by atoms with Crippen LogP contribution in [0, 0.1) is 6.92 Å². The maximum atomic E-state index is 10.8. The molecule has 19 heavy (non-hydrogen) atoms. The molecule has 0 atom stereocenters. The van der Waals surface area contributed by atoms with E-state index < -0.39 is 5.97 Å². The third-order valence-corrected chi connectivity index (χ3v) is 2.88. The number of carboxylic acid groups (broad SMARTS) is 1. The smallest absolute Gasteiger partial charge is 0.358 e. The van der Waals surface area contributed by atoms with Gasteiger partial charge >= 0.3 is 5.97 Å². The molecule has 0 saturated carbocycles. The molecular weight excluding hydrogens is 250 g/mol. The number of fused-ring (bicyclic) bond motifs is 1. The molecule has 1 aromatic heterocycles. The molecule has 0 spiro atoms. The fourth-order valence-electron chi connectivity index (χ4n) is 1.96. The standard InChI is InChI=1S/C13H11NO5/c1-7-4-11-12(18-3-2-17-11)5-8(7)10-6-9(13(15)16)14-19-10/h4-6H,2-3H2,1H3,(H,15,16). The molecule has 6 nitrogen and oxygen atoms in total. The zero-order valence-electron chi connectivity index (χ0n) is 10.2. The molecule has 1 aliphatic heterocycles. The third kappa shape index (κ3) is 2.01. The quantitative estimate of drug-likeness (QED) is 0.891. The predicted molar refractivity (Wildman–Crippen MR) is 64.6 cm³/mol. The first-order valence-corrected chi connectivity index (χ1v) is 5.76. The molecule has 0 aliphatic carbocycles. The van der Waals surface area contributed by atoms with Crippen molar-refractivity contribution in [2.24, 2.45) is 0 Å². The van der Waals surface area contributed by atoms with Crippen LogP contribution in [-0.4, -0.2) is 29.4 Å². The Labute approximate surface area is 108 Å². The lowest BCUT2D eigenvalue weighted by atomic mass is 10.0. The highest BCUT2D eigenvalue weighted by atomic mass is 16.6. The highest BCUT2D eigenvalue weighted by Gasteiger charge is 2.18. The number of aromatic nitrogens is 1. The summed E-state index contributed by atoms with van der Waals surface area (Å²) in [6, 6.07) is 5.00. The Morgan fingerprint density at radius 3 is 2.53 bits per heavy atom. The second-order valence-corrected chi connectivity index (χ2v) is 4.19. The number of hydrogen-bond donors (Lipinski definition) is 1. The van der Waals surface area contributed by atoms with Gasteiger partial charge in [-0.05, 0) is 24.6 Å². The minimum absolute atomic E-state index is 0.121. The SMILES string of the molecule is Cc1cc2c(cc1-c1cc(C(=O)O)no1)OCCO2. The number of benzene rings is 1. The summed E-state index contributed by atoms with van der Waals surface area (Å²) in [5.41, 5.74) is 1.52. The van der Waals surface area contributed by atoms with Crippen LogP contribution in [0.2, 0.25) is 0 Å². The monoisotopic (exact) mass is 261 g/mol. The number of carbonyl (C=O) groups is 1. The highest BCUT2D eigenvalue weighted by Crippen LogP contribution is 2.37. The molecule has 2 aromatic rings. The second kappa shape index (κ2) is 4.31. The molecule has 0 bridgehead atoms. The summed E-state index contributed by atoms with van der Waals surface area (Å²) in [6.07, 6.45) is 0. The van der Waals surface area contributed by atoms with Crippen molar-refractivity contribution in [3.63, 3.8) is 0 Å². The van der Waals surface area contributed by atoms with Crippen molar-refractivity contribution in [2.75, 3.05) is 13.2 Å². The first-order chi connectivity index (χ1) is 9.15. The normalized spacial score (nSPS) is 13.3. The van der Waals surface area contributed by atoms with E-state index in [4.69, 9.17) is 19.1 Å². The van der Waals surface area contributed by atoms with Gasteiger partial charge in [-0.3, -0.25) is 0 Å². The summed E-state index contributed by atoms with van der Waals surface area (Å²) in [4.78, 5) is 10.8. The minimum atomic E-state index is -1.12. The van der Waals surface area contributed by atoms with E-state index in [2.05, 4.69) is 5.16 Å². The van der Waals surface area contributed by atoms with E-state index in [1.165, 1.54) is 6.07 Å². The Bertz CT molecular complexity index is 646. The van der Waals surface area contributed by atoms with Crippen molar-refractivity contribution < 1.29 is 23.9 Å². The minimum Gasteiger partial charge on any atom is -0.486 e. The Morgan fingerprint density at radius 1 is 1.21 bits per heavy atom. The molecule has 3 rings (SSSR count). The molecular formula is C13H11NO5. The number of hydrogen-bond acceptors (Lipinski definition) is 5. The highest BCUT2D eigenvalue weighted by molar-refractivity contribution is 5.86. The maximum absolute atomic E-state index is 10.8. The Morgan fingerprint density at radius 2 is 1.89 bits per heavy atom. The number of ether oxygens (including phenoxy) is 2. The van der Waals surface area contributed by atoms with E-state index in [1.807, 2.05) is 13.0 Å². The van der Waals surface area contributed by atoms with Gasteiger partial charge in [0.2, 0.25) is 0 Å². The zero-order chi connectivity index (χ0) is 13.4. The van der Waals surface area contributed by atoms with Crippen LogP contribution in [-0.2, 0) is 0 Å². The summed E-state index contributed by atoms with van der Waals surface area (Å²) in [5, 5.41) is 12.3. The Kier molecular flexibility index (Phi) is 2.63. The Balaban J connectivity index is 2.06. The van der Waals surface area contributed by atoms with E-state index in [-0.39, 0.29) is 5.69 Å². The summed E-state index contributed by atoms with van der Waals surface area (Å²) >= 11 is 0. The second-order valence-electron chi connectivity index (χ2n) is 4.19. The lowest BCUT2D eigenvalue weighted by Gasteiger charge is -2.19. The maximum Gasteiger partial charge on any atom is 0.358 e. The zero-order valence-corrected chi connectivity index (χ0v) is 10.2. The van der Waals surface area contributed by atoms with Crippen molar-refractivity contribution in [1.82, 2.24) is 5.16 Å². The molecule has 0 fully saturated rings. The van der Waals surface area contributed by atoms with Gasteiger partial charge in [-0.1, -0.05) is 5.16 Å². The van der Waals surface area contributed by atoms with E-state index >= 15 is 0 Å². The van der Waals surface area contributed by atoms with Crippen molar-refractivity contribution in [1.29, 1.82) is 0 Å². The molecule has 1 aromatic carbocycles. The van der Waals surface area contributed by atoms with Gasteiger partial charge in [-0.2, -0.15) is 0 Å². The predicted octanol–water partition coefficient (Wildman–Crippen LogP) is 2.12. The largest absolute Gasteiger partial charge is 0.486 e. The van der Waals surface area contributed by atoms with Gasteiger partial charge in [0.1, 0.15) is 13.2 Å². The molecule has 0 unspecified atom stereocenters. The van der Waals surface area contributed by atoms with Gasteiger partial charge in [0.15, 0.2) is 23.0 Å². The van der Waals surface area contributed by atoms with Gasteiger partial charge in [0.05, 0.1) is 0 Å². The lowest BCUT2D eigenvalue weighted by Crippen LogP contribution is -2.15. The summed E-state index contributed by atoms with van der Waals surface area (Å²) in [6.45, 7) is 2.90. The summed E-state index contributed by atoms with van der Waals surface area (Å²) in [5.74, 6) is 0.586. The van der Waals surface area contributed by atoms with Crippen LogP contribution >= 0.6 is 0 Å². The number of aryl methyl sites for hydroxylation is 1. The van der Waals surface area contributed by atoms with Crippen LogP contribution in [0.3, 0.4) is 0 Å². The number of rotatable bonds is 2. The van der Waals surface area contributed by atoms with Crippen molar-refractivity contribution >= 4 is 5.97 Å². The molecule has 1 aliphatic rings. The fraction of sp³-hybridized carbons (Fsp3) is 0.231. The van der Waals surface area contributed by atoms with Crippen molar-refractivity contribution in [3.8, 4) is 22.8 Å². The molecule has 0 saturated heterocycles. The van der Waals surface area contributed by atoms with Gasteiger partial charge in [-0.25, -0.2) is 4.79 Å². The van der Waals surface area contributed by atoms with Crippen molar-refractivity contribution in [3.05, 3.63) is 29.5 Å². The van der Waals surface area contributed by atoms with E-state index in [9.17, 15) is 4.79 Å². The van der Waals surface area contributed by atoms with Gasteiger partial charge < -0.3 is 19.1 Å². The van der Waals surface area contributed by atoms with Gasteiger partial charge in [0, 0.05) is 11.6 Å². The average Bonchev–Trinajstić information content (AvgIpc) is 2.87. The first kappa shape index (κ1) is 11.6. The van der Waals surface area contributed by atoms with Gasteiger partial charge in [-0.15, -0.1) is 0 Å². The molecule has 1 N–H and O–H groups in total. The van der Waals surface area contributed by atoms with E-state index in [0.717, 1.165) is 11.1 Å². The summed E-state index contributed by atoms with van der Waals surface area (Å²) in [7, 11) is 0. The third-order valence-electron chi connectivity index (χ3n) is 2.88. The molecule has 0 amide bonds. The fourth-order valence-corrected chi connectivity index (χ4v) is 1.96. The molecule has 6 heteroatoms. The van der Waals surface area contributed by atoms with Crippen LogP contribution in [0.15, 0.2) is 22.7 Å². The molecule has 0 radical (unpaired) electrons. The van der Waals surface area contributed by atoms with Crippen LogP contribution in [0.4, 0.5) is 0 Å². The van der Waals surface area contributed by atoms with Crippen LogP contribution in [0.1, 0.15) is 16.1 Å². The van der Waals surface area contributed by atoms with Crippen LogP contribution in [0.25, 0.3) is 11.3 Å². The Hall–Kier alpha value is -2.50. The lowest BCUT2D eigenvalue weighted by molar-refractivity contribution is 0.0686. The van der Waals surface area contributed by atoms with Crippen molar-refractivity contribution in [2.45, 2.75) is 6.92 Å². The average molecular weight is 261 g/mol. The molecule has 98 valence electrons. The number of carboxylic acids is 1. The summed E-state index contributed by atoms with van der Waals surface area (Å²) < 4.78 is 16.0. The molecule has 2 heterocycles. The number of nitrogens with zero attached hydrogens (tertiary/aromatic N) is 1. The topological polar surface area (TPSA) is 81.8 Å². The number of aromatic carboxylic acids is 1.